The Labute approximate surface area is 179 Å². The van der Waals surface area contributed by atoms with Gasteiger partial charge in [0.15, 0.2) is 0 Å². The summed E-state index contributed by atoms with van der Waals surface area (Å²) in [6.45, 7) is -0.0519. The molecule has 2 amide bonds. The Balaban J connectivity index is 1.47. The first-order valence-corrected chi connectivity index (χ1v) is 10.1. The molecule has 4 aromatic rings. The average molecular weight is 411 g/mol. The molecule has 1 aromatic heterocycles. The topological polar surface area (TPSA) is 74.4 Å². The Morgan fingerprint density at radius 1 is 1.00 bits per heavy atom. The molecule has 1 aliphatic heterocycles. The molecule has 0 unspecified atom stereocenters. The number of nitrogens with zero attached hydrogens (tertiary/aromatic N) is 1. The van der Waals surface area contributed by atoms with Crippen molar-refractivity contribution < 1.29 is 14.3 Å². The van der Waals surface area contributed by atoms with E-state index >= 15 is 0 Å². The van der Waals surface area contributed by atoms with Gasteiger partial charge in [-0.3, -0.25) is 9.59 Å². The van der Waals surface area contributed by atoms with Crippen molar-refractivity contribution in [2.75, 3.05) is 19.0 Å². The second kappa shape index (κ2) is 7.65. The molecule has 31 heavy (non-hydrogen) atoms. The maximum Gasteiger partial charge on any atom is 0.255 e. The van der Waals surface area contributed by atoms with Crippen LogP contribution in [0.4, 0.5) is 5.69 Å². The number of amides is 2. The van der Waals surface area contributed by atoms with Crippen LogP contribution >= 0.6 is 0 Å². The van der Waals surface area contributed by atoms with Crippen molar-refractivity contribution in [2.24, 2.45) is 0 Å². The fraction of sp³-hybridized carbons (Fsp3) is 0.120. The van der Waals surface area contributed by atoms with Crippen LogP contribution in [0.1, 0.15) is 27.5 Å². The summed E-state index contributed by atoms with van der Waals surface area (Å²) in [4.78, 5) is 31.0. The second-order valence-corrected chi connectivity index (χ2v) is 7.49. The zero-order valence-electron chi connectivity index (χ0n) is 17.0. The number of H-pyrrole nitrogens is 1. The summed E-state index contributed by atoms with van der Waals surface area (Å²) in [6.07, 6.45) is 1.93. The number of nitrogens with one attached hydrogen (secondary N) is 2. The molecule has 5 rings (SSSR count). The first-order chi connectivity index (χ1) is 15.2. The van der Waals surface area contributed by atoms with Gasteiger partial charge in [0.2, 0.25) is 5.91 Å². The molecule has 2 heterocycles. The molecule has 6 nitrogen and oxygen atoms in total. The third kappa shape index (κ3) is 3.32. The number of benzene rings is 3. The predicted molar refractivity (Wildman–Crippen MR) is 119 cm³/mol. The van der Waals surface area contributed by atoms with E-state index in [-0.39, 0.29) is 24.4 Å². The number of anilines is 1. The lowest BCUT2D eigenvalue weighted by Crippen LogP contribution is -2.36. The number of hydrogen-bond acceptors (Lipinski definition) is 3. The number of rotatable bonds is 5. The Kier molecular flexibility index (Phi) is 4.67. The molecule has 0 radical (unpaired) electrons. The summed E-state index contributed by atoms with van der Waals surface area (Å²) in [5, 5.41) is 3.91. The van der Waals surface area contributed by atoms with Crippen molar-refractivity contribution in [3.63, 3.8) is 0 Å². The van der Waals surface area contributed by atoms with Crippen LogP contribution in [0.5, 0.6) is 5.75 Å². The van der Waals surface area contributed by atoms with E-state index in [1.165, 1.54) is 0 Å². The summed E-state index contributed by atoms with van der Waals surface area (Å²) >= 11 is 0. The van der Waals surface area contributed by atoms with Crippen molar-refractivity contribution >= 4 is 28.4 Å². The summed E-state index contributed by atoms with van der Waals surface area (Å²) in [6, 6.07) is 22.3. The highest BCUT2D eigenvalue weighted by molar-refractivity contribution is 6.04. The Morgan fingerprint density at radius 2 is 1.74 bits per heavy atom. The van der Waals surface area contributed by atoms with Crippen molar-refractivity contribution in [1.82, 2.24) is 9.88 Å². The van der Waals surface area contributed by atoms with Crippen LogP contribution in [-0.2, 0) is 4.79 Å². The van der Waals surface area contributed by atoms with Gasteiger partial charge in [0, 0.05) is 33.9 Å². The Hall–Kier alpha value is -4.06. The summed E-state index contributed by atoms with van der Waals surface area (Å²) in [5.74, 6) is 0.314. The standard InChI is InChI=1S/C25H21N3O3/c1-31-17-12-10-16(11-13-17)27-23(29)15-28-24(19-7-2-3-8-20(19)25(28)30)21-14-26-22-9-5-4-6-18(21)22/h2-14,24,26H,15H2,1H3,(H,27,29)/t24-/m0/s1. The van der Waals surface area contributed by atoms with Crippen molar-refractivity contribution in [3.8, 4) is 5.75 Å². The first-order valence-electron chi connectivity index (χ1n) is 10.1. The SMILES string of the molecule is COc1ccc(NC(=O)CN2C(=O)c3ccccc3[C@H]2c2c[nH]c3ccccc23)cc1. The van der Waals surface area contributed by atoms with Crippen molar-refractivity contribution in [3.05, 3.63) is 95.7 Å². The second-order valence-electron chi connectivity index (χ2n) is 7.49. The highest BCUT2D eigenvalue weighted by atomic mass is 16.5. The lowest BCUT2D eigenvalue weighted by atomic mass is 9.97. The van der Waals surface area contributed by atoms with E-state index in [0.29, 0.717) is 17.0 Å². The predicted octanol–water partition coefficient (Wildman–Crippen LogP) is 4.36. The van der Waals surface area contributed by atoms with Gasteiger partial charge in [-0.15, -0.1) is 0 Å². The lowest BCUT2D eigenvalue weighted by Gasteiger charge is -2.25. The van der Waals surface area contributed by atoms with E-state index in [2.05, 4.69) is 10.3 Å². The number of carbonyl (C=O) groups is 2. The third-order valence-corrected chi connectivity index (χ3v) is 5.66. The highest BCUT2D eigenvalue weighted by Gasteiger charge is 2.39. The molecule has 154 valence electrons. The number of methoxy groups -OCH3 is 1. The Bertz CT molecular complexity index is 1280. The van der Waals surface area contributed by atoms with Gasteiger partial charge >= 0.3 is 0 Å². The molecule has 0 saturated carbocycles. The van der Waals surface area contributed by atoms with Gasteiger partial charge in [-0.2, -0.15) is 0 Å². The molecular weight excluding hydrogens is 390 g/mol. The van der Waals surface area contributed by atoms with Gasteiger partial charge in [0.05, 0.1) is 13.2 Å². The number of aromatic nitrogens is 1. The highest BCUT2D eigenvalue weighted by Crippen LogP contribution is 2.40. The summed E-state index contributed by atoms with van der Waals surface area (Å²) in [7, 11) is 1.59. The van der Waals surface area contributed by atoms with Gasteiger partial charge in [0.1, 0.15) is 12.3 Å². The van der Waals surface area contributed by atoms with Gasteiger partial charge in [0.25, 0.3) is 5.91 Å². The number of ether oxygens (including phenoxy) is 1. The van der Waals surface area contributed by atoms with Crippen LogP contribution in [0, 0.1) is 0 Å². The Morgan fingerprint density at radius 3 is 2.55 bits per heavy atom. The fourth-order valence-electron chi connectivity index (χ4n) is 4.22. The monoisotopic (exact) mass is 411 g/mol. The van der Waals surface area contributed by atoms with E-state index in [1.54, 1.807) is 36.3 Å². The molecular formula is C25H21N3O3. The molecule has 2 N–H and O–H groups in total. The van der Waals surface area contributed by atoms with E-state index in [1.807, 2.05) is 54.7 Å². The first kappa shape index (κ1) is 18.9. The average Bonchev–Trinajstić information content (AvgIpc) is 3.33. The van der Waals surface area contributed by atoms with Gasteiger partial charge in [-0.05, 0) is 42.0 Å². The molecule has 0 bridgehead atoms. The number of fused-ring (bicyclic) bond motifs is 2. The normalized spacial score (nSPS) is 15.2. The van der Waals surface area contributed by atoms with Crippen molar-refractivity contribution in [1.29, 1.82) is 0 Å². The van der Waals surface area contributed by atoms with Crippen molar-refractivity contribution in [2.45, 2.75) is 6.04 Å². The molecule has 3 aromatic carbocycles. The molecule has 0 aliphatic carbocycles. The van der Waals surface area contributed by atoms with Crippen LogP contribution in [0.15, 0.2) is 79.0 Å². The van der Waals surface area contributed by atoms with Gasteiger partial charge < -0.3 is 19.9 Å². The summed E-state index contributed by atoms with van der Waals surface area (Å²) < 4.78 is 5.15. The van der Waals surface area contributed by atoms with Crippen LogP contribution in [0.2, 0.25) is 0 Å². The van der Waals surface area contributed by atoms with Gasteiger partial charge in [-0.25, -0.2) is 0 Å². The van der Waals surface area contributed by atoms with Crippen LogP contribution in [0.25, 0.3) is 10.9 Å². The lowest BCUT2D eigenvalue weighted by molar-refractivity contribution is -0.117. The number of hydrogen-bond donors (Lipinski definition) is 2. The maximum atomic E-state index is 13.2. The fourth-order valence-corrected chi connectivity index (χ4v) is 4.22. The minimum atomic E-state index is -0.332. The third-order valence-electron chi connectivity index (χ3n) is 5.66. The molecule has 1 atom stereocenters. The van der Waals surface area contributed by atoms with E-state index < -0.39 is 0 Å². The largest absolute Gasteiger partial charge is 0.497 e. The zero-order valence-corrected chi connectivity index (χ0v) is 17.0. The van der Waals surface area contributed by atoms with E-state index in [4.69, 9.17) is 4.74 Å². The van der Waals surface area contributed by atoms with E-state index in [9.17, 15) is 9.59 Å². The summed E-state index contributed by atoms with van der Waals surface area (Å²) in [5.41, 5.74) is 4.17. The minimum Gasteiger partial charge on any atom is -0.497 e. The molecule has 1 aliphatic rings. The smallest absolute Gasteiger partial charge is 0.255 e. The van der Waals surface area contributed by atoms with E-state index in [0.717, 1.165) is 22.0 Å². The van der Waals surface area contributed by atoms with Gasteiger partial charge in [-0.1, -0.05) is 36.4 Å². The molecule has 0 spiro atoms. The van der Waals surface area contributed by atoms with Crippen LogP contribution < -0.4 is 10.1 Å². The number of carbonyl (C=O) groups excluding carboxylic acids is 2. The molecule has 0 saturated heterocycles. The maximum absolute atomic E-state index is 13.2. The number of aromatic amines is 1. The number of para-hydroxylation sites is 1. The van der Waals surface area contributed by atoms with Crippen LogP contribution in [0.3, 0.4) is 0 Å². The quantitative estimate of drug-likeness (QED) is 0.512. The molecule has 0 fully saturated rings. The molecule has 6 heteroatoms. The van der Waals surface area contributed by atoms with Crippen LogP contribution in [-0.4, -0.2) is 35.4 Å². The minimum absolute atomic E-state index is 0.0519. The zero-order chi connectivity index (χ0) is 21.4.